The number of likely N-dealkylation sites (N-methyl/N-ethyl adjacent to an activating group) is 1. The fraction of sp³-hybridized carbons (Fsp3) is 0.469. The Balaban J connectivity index is 1.54. The van der Waals surface area contributed by atoms with E-state index < -0.39 is 29.4 Å². The summed E-state index contributed by atoms with van der Waals surface area (Å²) in [6.07, 6.45) is 7.07. The number of hydrogen-bond donors (Lipinski definition) is 0. The number of halogens is 4. The van der Waals surface area contributed by atoms with Gasteiger partial charge in [0, 0.05) is 46.0 Å². The molecule has 0 bridgehead atoms. The molecule has 1 aliphatic carbocycles. The fourth-order valence-electron chi connectivity index (χ4n) is 8.02. The second-order valence-corrected chi connectivity index (χ2v) is 13.7. The van der Waals surface area contributed by atoms with E-state index in [0.717, 1.165) is 32.1 Å². The average molecular weight is 665 g/mol. The Labute approximate surface area is 271 Å². The van der Waals surface area contributed by atoms with Crippen LogP contribution in [0.2, 0.25) is 20.1 Å². The molecule has 3 fully saturated rings. The molecule has 43 heavy (non-hydrogen) atoms. The van der Waals surface area contributed by atoms with Crippen LogP contribution in [-0.2, 0) is 24.7 Å². The standard InChI is InChI=1S/C32H33Cl4N3O4/c1-3-11-43-30(41)27-26(29(40)38(17-18-7-4-5-8-18)22-13-19(33)12-20(34)14-22)25-9-6-10-39(25)32(27)23-15-21(35)16-24(36)28(23)37(2)31(32)42/h3,12-16,18,25-27H,1,4-11,17H2,2H3/t25-,26+,27-,32?/m1/s1. The Morgan fingerprint density at radius 3 is 2.37 bits per heavy atom. The van der Waals surface area contributed by atoms with Crippen molar-refractivity contribution in [2.45, 2.75) is 50.1 Å². The van der Waals surface area contributed by atoms with Gasteiger partial charge in [-0.05, 0) is 68.5 Å². The quantitative estimate of drug-likeness (QED) is 0.233. The van der Waals surface area contributed by atoms with Crippen LogP contribution in [0.15, 0.2) is 43.0 Å². The van der Waals surface area contributed by atoms with Gasteiger partial charge in [-0.3, -0.25) is 19.3 Å². The van der Waals surface area contributed by atoms with Crippen molar-refractivity contribution in [1.82, 2.24) is 4.90 Å². The van der Waals surface area contributed by atoms with Gasteiger partial charge in [0.15, 0.2) is 0 Å². The molecule has 0 aromatic heterocycles. The average Bonchev–Trinajstić information content (AvgIpc) is 3.73. The first-order valence-electron chi connectivity index (χ1n) is 14.7. The van der Waals surface area contributed by atoms with E-state index in [4.69, 9.17) is 51.1 Å². The van der Waals surface area contributed by atoms with Crippen LogP contribution in [0.1, 0.15) is 44.1 Å². The van der Waals surface area contributed by atoms with E-state index in [1.54, 1.807) is 42.3 Å². The maximum atomic E-state index is 15.1. The largest absolute Gasteiger partial charge is 0.461 e. The van der Waals surface area contributed by atoms with Gasteiger partial charge < -0.3 is 14.5 Å². The number of amides is 2. The van der Waals surface area contributed by atoms with E-state index in [1.807, 2.05) is 4.90 Å². The number of rotatable bonds is 7. The molecule has 3 heterocycles. The summed E-state index contributed by atoms with van der Waals surface area (Å²) in [5.41, 5.74) is 0.0669. The predicted octanol–water partition coefficient (Wildman–Crippen LogP) is 7.13. The lowest BCUT2D eigenvalue weighted by atomic mass is 9.73. The van der Waals surface area contributed by atoms with E-state index in [9.17, 15) is 9.59 Å². The van der Waals surface area contributed by atoms with E-state index in [0.29, 0.717) is 62.5 Å². The molecular weight excluding hydrogens is 632 g/mol. The Bertz CT molecular complexity index is 1470. The first kappa shape index (κ1) is 30.7. The lowest BCUT2D eigenvalue weighted by molar-refractivity contribution is -0.157. The molecule has 1 saturated carbocycles. The number of carbonyl (C=O) groups excluding carboxylic acids is 3. The van der Waals surface area contributed by atoms with Crippen LogP contribution < -0.4 is 9.80 Å². The van der Waals surface area contributed by atoms with Crippen molar-refractivity contribution in [3.05, 3.63) is 68.6 Å². The van der Waals surface area contributed by atoms with Gasteiger partial charge in [-0.25, -0.2) is 0 Å². The second kappa shape index (κ2) is 11.9. The van der Waals surface area contributed by atoms with Gasteiger partial charge in [-0.1, -0.05) is 71.9 Å². The van der Waals surface area contributed by atoms with Gasteiger partial charge in [-0.15, -0.1) is 0 Å². The van der Waals surface area contributed by atoms with Crippen LogP contribution >= 0.6 is 46.4 Å². The van der Waals surface area contributed by atoms with Crippen molar-refractivity contribution in [3.8, 4) is 0 Å². The number of carbonyl (C=O) groups is 3. The van der Waals surface area contributed by atoms with Crippen LogP contribution in [0.25, 0.3) is 0 Å². The Morgan fingerprint density at radius 2 is 1.70 bits per heavy atom. The lowest BCUT2D eigenvalue weighted by Gasteiger charge is -2.37. The third-order valence-electron chi connectivity index (χ3n) is 9.60. The molecule has 228 valence electrons. The zero-order valence-corrected chi connectivity index (χ0v) is 26.9. The zero-order valence-electron chi connectivity index (χ0n) is 23.8. The van der Waals surface area contributed by atoms with Gasteiger partial charge in [0.1, 0.15) is 18.1 Å². The molecule has 4 aliphatic rings. The molecule has 1 spiro atoms. The van der Waals surface area contributed by atoms with E-state index >= 15 is 4.79 Å². The van der Waals surface area contributed by atoms with Crippen LogP contribution in [0.4, 0.5) is 11.4 Å². The Hall–Kier alpha value is -2.29. The van der Waals surface area contributed by atoms with Gasteiger partial charge in [0.2, 0.25) is 5.91 Å². The highest BCUT2D eigenvalue weighted by Gasteiger charge is 2.73. The first-order chi connectivity index (χ1) is 20.6. The van der Waals surface area contributed by atoms with Crippen molar-refractivity contribution >= 4 is 75.6 Å². The monoisotopic (exact) mass is 663 g/mol. The third kappa shape index (κ3) is 4.96. The van der Waals surface area contributed by atoms with Crippen LogP contribution in [0, 0.1) is 17.8 Å². The summed E-state index contributed by atoms with van der Waals surface area (Å²) < 4.78 is 5.69. The van der Waals surface area contributed by atoms with E-state index in [2.05, 4.69) is 6.58 Å². The maximum absolute atomic E-state index is 15.1. The third-order valence-corrected chi connectivity index (χ3v) is 10.5. The summed E-state index contributed by atoms with van der Waals surface area (Å²) in [5.74, 6) is -2.97. The molecule has 0 radical (unpaired) electrons. The molecule has 1 unspecified atom stereocenters. The highest BCUT2D eigenvalue weighted by molar-refractivity contribution is 6.38. The maximum Gasteiger partial charge on any atom is 0.312 e. The zero-order chi connectivity index (χ0) is 30.6. The van der Waals surface area contributed by atoms with E-state index in [1.165, 1.54) is 11.0 Å². The van der Waals surface area contributed by atoms with Crippen LogP contribution in [0.5, 0.6) is 0 Å². The number of esters is 1. The highest BCUT2D eigenvalue weighted by atomic mass is 35.5. The number of benzene rings is 2. The Kier molecular flexibility index (Phi) is 8.50. The molecule has 4 atom stereocenters. The summed E-state index contributed by atoms with van der Waals surface area (Å²) in [5, 5.41) is 1.46. The van der Waals surface area contributed by atoms with Crippen molar-refractivity contribution < 1.29 is 19.1 Å². The number of nitrogens with zero attached hydrogens (tertiary/aromatic N) is 3. The minimum atomic E-state index is -1.51. The number of fused-ring (bicyclic) bond motifs is 4. The van der Waals surface area contributed by atoms with Crippen molar-refractivity contribution in [2.24, 2.45) is 17.8 Å². The topological polar surface area (TPSA) is 70.2 Å². The molecule has 6 rings (SSSR count). The Morgan fingerprint density at radius 1 is 1.02 bits per heavy atom. The fourth-order valence-corrected chi connectivity index (χ4v) is 9.15. The summed E-state index contributed by atoms with van der Waals surface area (Å²) in [6, 6.07) is 7.97. The van der Waals surface area contributed by atoms with Crippen molar-refractivity contribution in [2.75, 3.05) is 36.5 Å². The molecular formula is C32H33Cl4N3O4. The first-order valence-corrected chi connectivity index (χ1v) is 16.2. The van der Waals surface area contributed by atoms with E-state index in [-0.39, 0.29) is 18.4 Å². The molecule has 3 aliphatic heterocycles. The lowest BCUT2D eigenvalue weighted by Crippen LogP contribution is -2.55. The SMILES string of the molecule is C=CCOC(=O)[C@H]1[C@@H](C(=O)N(CC2CCCC2)c2cc(Cl)cc(Cl)c2)[C@H]2CCCN2C12C(=O)N(C)c1c(Cl)cc(Cl)cc12. The predicted molar refractivity (Wildman–Crippen MR) is 170 cm³/mol. The summed E-state index contributed by atoms with van der Waals surface area (Å²) >= 11 is 26.1. The summed E-state index contributed by atoms with van der Waals surface area (Å²) in [6.45, 7) is 4.62. The van der Waals surface area contributed by atoms with Crippen molar-refractivity contribution in [1.29, 1.82) is 0 Å². The minimum Gasteiger partial charge on any atom is -0.461 e. The number of anilines is 2. The number of hydrogen-bond acceptors (Lipinski definition) is 5. The van der Waals surface area contributed by atoms with Gasteiger partial charge >= 0.3 is 5.97 Å². The molecule has 0 N–H and O–H groups in total. The molecule has 2 aromatic rings. The second-order valence-electron chi connectivity index (χ2n) is 12.0. The number of ether oxygens (including phenoxy) is 1. The molecule has 2 saturated heterocycles. The van der Waals surface area contributed by atoms with Crippen LogP contribution in [0.3, 0.4) is 0 Å². The van der Waals surface area contributed by atoms with Gasteiger partial charge in [0.25, 0.3) is 5.91 Å². The minimum absolute atomic E-state index is 0.0557. The molecule has 11 heteroatoms. The summed E-state index contributed by atoms with van der Waals surface area (Å²) in [7, 11) is 1.64. The molecule has 2 aromatic carbocycles. The van der Waals surface area contributed by atoms with Crippen molar-refractivity contribution in [3.63, 3.8) is 0 Å². The van der Waals surface area contributed by atoms with Gasteiger partial charge in [0.05, 0.1) is 16.6 Å². The molecule has 7 nitrogen and oxygen atoms in total. The summed E-state index contributed by atoms with van der Waals surface area (Å²) in [4.78, 5) is 49.1. The highest BCUT2D eigenvalue weighted by Crippen LogP contribution is 2.61. The van der Waals surface area contributed by atoms with Crippen LogP contribution in [-0.4, -0.2) is 55.5 Å². The smallest absolute Gasteiger partial charge is 0.312 e. The van der Waals surface area contributed by atoms with Gasteiger partial charge in [-0.2, -0.15) is 0 Å². The molecule has 2 amide bonds. The normalized spacial score (nSPS) is 26.7.